The molecule has 2 rings (SSSR count). The highest BCUT2D eigenvalue weighted by atomic mass is 16.8. The van der Waals surface area contributed by atoms with Crippen LogP contribution < -0.4 is 5.06 Å². The van der Waals surface area contributed by atoms with E-state index in [1.54, 1.807) is 5.06 Å². The van der Waals surface area contributed by atoms with Crippen molar-refractivity contribution in [3.63, 3.8) is 0 Å². The minimum Gasteiger partial charge on any atom is -0.469 e. The van der Waals surface area contributed by atoms with Gasteiger partial charge in [0.1, 0.15) is 5.92 Å². The molecule has 5 heteroatoms. The Morgan fingerprint density at radius 3 is 2.50 bits per heavy atom. The van der Waals surface area contributed by atoms with E-state index >= 15 is 0 Å². The van der Waals surface area contributed by atoms with Crippen molar-refractivity contribution in [1.29, 1.82) is 0 Å². The van der Waals surface area contributed by atoms with Gasteiger partial charge < -0.3 is 9.84 Å². The number of hydroxylamine groups is 1. The number of para-hydroxylation sites is 1. The normalized spacial score (nSPS) is 29.8. The summed E-state index contributed by atoms with van der Waals surface area (Å²) in [5, 5.41) is 12.1. The summed E-state index contributed by atoms with van der Waals surface area (Å²) in [5.74, 6) is -2.70. The second-order valence-corrected chi connectivity index (χ2v) is 5.54. The molecule has 1 fully saturated rings. The molecule has 3 atom stereocenters. The Labute approximate surface area is 119 Å². The van der Waals surface area contributed by atoms with Gasteiger partial charge in [-0.1, -0.05) is 32.0 Å². The van der Waals surface area contributed by atoms with Gasteiger partial charge in [-0.15, -0.1) is 0 Å². The fourth-order valence-electron chi connectivity index (χ4n) is 2.71. The first kappa shape index (κ1) is 14.8. The van der Waals surface area contributed by atoms with Crippen LogP contribution in [-0.4, -0.2) is 30.0 Å². The molecule has 0 saturated carbocycles. The smallest absolute Gasteiger partial charge is 0.316 e. The lowest BCUT2D eigenvalue weighted by atomic mass is 9.86. The summed E-state index contributed by atoms with van der Waals surface area (Å²) in [5.41, 5.74) is 0.804. The number of nitrogens with zero attached hydrogens (tertiary/aromatic N) is 1. The Hall–Kier alpha value is -1.59. The predicted molar refractivity (Wildman–Crippen MR) is 74.8 cm³/mol. The molecule has 0 amide bonds. The number of benzene rings is 1. The van der Waals surface area contributed by atoms with Crippen molar-refractivity contribution in [2.75, 3.05) is 12.2 Å². The Balaban J connectivity index is 2.42. The first-order chi connectivity index (χ1) is 9.38. The number of esters is 1. The van der Waals surface area contributed by atoms with Crippen LogP contribution in [0.25, 0.3) is 0 Å². The zero-order chi connectivity index (χ0) is 14.9. The summed E-state index contributed by atoms with van der Waals surface area (Å²) in [6.07, 6.45) is 0. The first-order valence-electron chi connectivity index (χ1n) is 6.72. The van der Waals surface area contributed by atoms with Crippen LogP contribution in [0.3, 0.4) is 0 Å². The SMILES string of the molecule is COC(=O)[C@@H]1[C@H](C(C)C)N(c2ccccc2)O[C@@]1(C)O. The van der Waals surface area contributed by atoms with Gasteiger partial charge in [0.15, 0.2) is 0 Å². The second-order valence-electron chi connectivity index (χ2n) is 5.54. The average Bonchev–Trinajstić information content (AvgIpc) is 2.71. The maximum atomic E-state index is 12.0. The van der Waals surface area contributed by atoms with Crippen molar-refractivity contribution < 1.29 is 19.5 Å². The predicted octanol–water partition coefficient (Wildman–Crippen LogP) is 1.96. The Morgan fingerprint density at radius 1 is 1.40 bits per heavy atom. The number of methoxy groups -OCH3 is 1. The lowest BCUT2D eigenvalue weighted by Gasteiger charge is -2.28. The molecule has 1 N–H and O–H groups in total. The van der Waals surface area contributed by atoms with Crippen molar-refractivity contribution in [2.45, 2.75) is 32.6 Å². The number of carbonyl (C=O) groups excluding carboxylic acids is 1. The van der Waals surface area contributed by atoms with Crippen LogP contribution >= 0.6 is 0 Å². The molecule has 1 saturated heterocycles. The molecule has 0 aliphatic carbocycles. The van der Waals surface area contributed by atoms with E-state index in [9.17, 15) is 9.90 Å². The minimum absolute atomic E-state index is 0.105. The molecule has 20 heavy (non-hydrogen) atoms. The van der Waals surface area contributed by atoms with Crippen LogP contribution in [-0.2, 0) is 14.4 Å². The van der Waals surface area contributed by atoms with Gasteiger partial charge in [-0.25, -0.2) is 9.90 Å². The lowest BCUT2D eigenvalue weighted by Crippen LogP contribution is -2.44. The third-order valence-electron chi connectivity index (χ3n) is 3.62. The number of hydrogen-bond donors (Lipinski definition) is 1. The Bertz CT molecular complexity index is 472. The largest absolute Gasteiger partial charge is 0.469 e. The molecule has 0 spiro atoms. The molecule has 5 nitrogen and oxygen atoms in total. The number of anilines is 1. The summed E-state index contributed by atoms with van der Waals surface area (Å²) >= 11 is 0. The molecule has 1 aliphatic heterocycles. The number of aliphatic hydroxyl groups is 1. The lowest BCUT2D eigenvalue weighted by molar-refractivity contribution is -0.198. The second kappa shape index (κ2) is 5.42. The van der Waals surface area contributed by atoms with E-state index in [2.05, 4.69) is 0 Å². The van der Waals surface area contributed by atoms with Crippen LogP contribution in [0, 0.1) is 11.8 Å². The minimum atomic E-state index is -1.59. The summed E-state index contributed by atoms with van der Waals surface area (Å²) in [7, 11) is 1.32. The Morgan fingerprint density at radius 2 is 2.00 bits per heavy atom. The van der Waals surface area contributed by atoms with Crippen molar-refractivity contribution in [3.05, 3.63) is 30.3 Å². The topological polar surface area (TPSA) is 59.0 Å². The number of rotatable bonds is 3. The van der Waals surface area contributed by atoms with Crippen molar-refractivity contribution in [1.82, 2.24) is 0 Å². The molecular weight excluding hydrogens is 258 g/mol. The highest BCUT2D eigenvalue weighted by Gasteiger charge is 2.56. The number of hydrogen-bond acceptors (Lipinski definition) is 5. The maximum Gasteiger partial charge on any atom is 0.316 e. The molecule has 1 aromatic carbocycles. The molecule has 1 aromatic rings. The van der Waals surface area contributed by atoms with Gasteiger partial charge >= 0.3 is 5.97 Å². The molecule has 0 aromatic heterocycles. The average molecular weight is 279 g/mol. The summed E-state index contributed by atoms with van der Waals surface area (Å²) < 4.78 is 4.83. The van der Waals surface area contributed by atoms with E-state index in [1.807, 2.05) is 44.2 Å². The van der Waals surface area contributed by atoms with E-state index in [1.165, 1.54) is 14.0 Å². The molecule has 0 radical (unpaired) electrons. The van der Waals surface area contributed by atoms with Gasteiger partial charge in [0, 0.05) is 0 Å². The highest BCUT2D eigenvalue weighted by Crippen LogP contribution is 2.41. The summed E-state index contributed by atoms with van der Waals surface area (Å²) in [4.78, 5) is 17.7. The van der Waals surface area contributed by atoms with Crippen molar-refractivity contribution in [2.24, 2.45) is 11.8 Å². The fourth-order valence-corrected chi connectivity index (χ4v) is 2.71. The molecule has 110 valence electrons. The molecular formula is C15H21NO4. The maximum absolute atomic E-state index is 12.0. The van der Waals surface area contributed by atoms with Crippen LogP contribution in [0.1, 0.15) is 20.8 Å². The first-order valence-corrected chi connectivity index (χ1v) is 6.72. The molecule has 1 aliphatic rings. The Kier molecular flexibility index (Phi) is 4.01. The van der Waals surface area contributed by atoms with Crippen molar-refractivity contribution in [3.8, 4) is 0 Å². The van der Waals surface area contributed by atoms with E-state index in [0.717, 1.165) is 5.69 Å². The van der Waals surface area contributed by atoms with Crippen LogP contribution in [0.2, 0.25) is 0 Å². The van der Waals surface area contributed by atoms with Gasteiger partial charge in [-0.2, -0.15) is 0 Å². The van der Waals surface area contributed by atoms with Gasteiger partial charge in [0.05, 0.1) is 18.8 Å². The van der Waals surface area contributed by atoms with E-state index in [4.69, 9.17) is 9.57 Å². The molecule has 0 bridgehead atoms. The quantitative estimate of drug-likeness (QED) is 0.857. The fraction of sp³-hybridized carbons (Fsp3) is 0.533. The summed E-state index contributed by atoms with van der Waals surface area (Å²) in [6, 6.07) is 9.14. The summed E-state index contributed by atoms with van der Waals surface area (Å²) in [6.45, 7) is 5.47. The van der Waals surface area contributed by atoms with Crippen LogP contribution in [0.4, 0.5) is 5.69 Å². The number of carbonyl (C=O) groups is 1. The number of ether oxygens (including phenoxy) is 1. The van der Waals surface area contributed by atoms with Crippen LogP contribution in [0.15, 0.2) is 30.3 Å². The van der Waals surface area contributed by atoms with Gasteiger partial charge in [0.25, 0.3) is 0 Å². The highest BCUT2D eigenvalue weighted by molar-refractivity contribution is 5.76. The van der Waals surface area contributed by atoms with Gasteiger partial charge in [-0.05, 0) is 25.0 Å². The zero-order valence-electron chi connectivity index (χ0n) is 12.2. The van der Waals surface area contributed by atoms with Gasteiger partial charge in [0.2, 0.25) is 5.79 Å². The molecule has 0 unspecified atom stereocenters. The standard InChI is InChI=1S/C15H21NO4/c1-10(2)13-12(14(17)19-4)15(3,18)20-16(13)11-8-6-5-7-9-11/h5-10,12-13,18H,1-4H3/t12-,13-,15+/m0/s1. The zero-order valence-corrected chi connectivity index (χ0v) is 12.2. The third kappa shape index (κ3) is 2.51. The van der Waals surface area contributed by atoms with E-state index < -0.39 is 17.7 Å². The van der Waals surface area contributed by atoms with Gasteiger partial charge in [-0.3, -0.25) is 4.79 Å². The van der Waals surface area contributed by atoms with Crippen LogP contribution in [0.5, 0.6) is 0 Å². The van der Waals surface area contributed by atoms with E-state index in [0.29, 0.717) is 0 Å². The molecule has 1 heterocycles. The van der Waals surface area contributed by atoms with Crippen molar-refractivity contribution >= 4 is 11.7 Å². The van der Waals surface area contributed by atoms with E-state index in [-0.39, 0.29) is 12.0 Å². The third-order valence-corrected chi connectivity index (χ3v) is 3.62. The monoisotopic (exact) mass is 279 g/mol.